The smallest absolute Gasteiger partial charge is 0.255 e. The van der Waals surface area contributed by atoms with Gasteiger partial charge in [-0.15, -0.1) is 11.3 Å². The molecule has 3 aromatic carbocycles. The number of carbonyl (C=O) groups is 3. The lowest BCUT2D eigenvalue weighted by atomic mass is 9.78. The van der Waals surface area contributed by atoms with E-state index in [1.807, 2.05) is 98.1 Å². The number of carbonyl (C=O) groups excluding carboxylic acids is 3. The molecule has 39 heavy (non-hydrogen) atoms. The van der Waals surface area contributed by atoms with E-state index in [2.05, 4.69) is 0 Å². The Morgan fingerprint density at radius 3 is 2.08 bits per heavy atom. The molecule has 4 atom stereocenters. The van der Waals surface area contributed by atoms with Gasteiger partial charge in [0.25, 0.3) is 5.91 Å². The molecule has 5 rings (SSSR count). The summed E-state index contributed by atoms with van der Waals surface area (Å²) in [6.07, 6.45) is 3.80. The highest BCUT2D eigenvalue weighted by atomic mass is 32.1. The normalized spacial score (nSPS) is 20.8. The van der Waals surface area contributed by atoms with Crippen LogP contribution in [-0.2, 0) is 4.79 Å². The van der Waals surface area contributed by atoms with Gasteiger partial charge >= 0.3 is 0 Å². The van der Waals surface area contributed by atoms with Crippen molar-refractivity contribution in [1.82, 2.24) is 4.90 Å². The summed E-state index contributed by atoms with van der Waals surface area (Å²) in [5.74, 6) is -2.37. The van der Waals surface area contributed by atoms with E-state index < -0.39 is 29.8 Å². The third kappa shape index (κ3) is 5.08. The van der Waals surface area contributed by atoms with E-state index >= 15 is 0 Å². The molecule has 1 saturated heterocycles. The number of hydrogen-bond acceptors (Lipinski definition) is 4. The van der Waals surface area contributed by atoms with Gasteiger partial charge in [0.2, 0.25) is 5.91 Å². The fraction of sp³-hybridized carbons (Fsp3) is 0.182. The molecule has 196 valence electrons. The van der Waals surface area contributed by atoms with Gasteiger partial charge in [-0.25, -0.2) is 0 Å². The number of likely N-dealkylation sites (tertiary alicyclic amines) is 1. The summed E-state index contributed by atoms with van der Waals surface area (Å²) < 4.78 is 0. The topological polar surface area (TPSA) is 80.5 Å². The molecular formula is C33H30N2O3S. The summed E-state index contributed by atoms with van der Waals surface area (Å²) >= 11 is 1.49. The molecule has 2 heterocycles. The molecule has 6 heteroatoms. The number of nitrogens with two attached hydrogens (primary N) is 1. The molecule has 0 saturated carbocycles. The van der Waals surface area contributed by atoms with E-state index in [-0.39, 0.29) is 11.7 Å². The number of benzene rings is 3. The second-order valence-corrected chi connectivity index (χ2v) is 10.8. The molecule has 1 aromatic heterocycles. The molecule has 5 nitrogen and oxygen atoms in total. The number of hydrogen-bond donors (Lipinski definition) is 1. The van der Waals surface area contributed by atoms with Gasteiger partial charge in [-0.3, -0.25) is 14.4 Å². The van der Waals surface area contributed by atoms with E-state index in [1.165, 1.54) is 11.3 Å². The van der Waals surface area contributed by atoms with Crippen LogP contribution in [0.5, 0.6) is 0 Å². The van der Waals surface area contributed by atoms with Gasteiger partial charge in [0.05, 0.1) is 12.0 Å². The first-order valence-corrected chi connectivity index (χ1v) is 13.8. The highest BCUT2D eigenvalue weighted by Gasteiger charge is 2.56. The molecule has 1 aliphatic rings. The maximum Gasteiger partial charge on any atom is 0.255 e. The largest absolute Gasteiger partial charge is 0.368 e. The van der Waals surface area contributed by atoms with E-state index in [9.17, 15) is 14.4 Å². The monoisotopic (exact) mass is 534 g/mol. The van der Waals surface area contributed by atoms with Crippen molar-refractivity contribution in [2.75, 3.05) is 0 Å². The fourth-order valence-electron chi connectivity index (χ4n) is 5.61. The van der Waals surface area contributed by atoms with Crippen LogP contribution in [0.25, 0.3) is 6.08 Å². The number of primary amides is 1. The van der Waals surface area contributed by atoms with Gasteiger partial charge in [-0.1, -0.05) is 84.9 Å². The predicted molar refractivity (Wildman–Crippen MR) is 156 cm³/mol. The molecule has 0 aliphatic carbocycles. The molecule has 1 aliphatic heterocycles. The zero-order valence-electron chi connectivity index (χ0n) is 21.9. The van der Waals surface area contributed by atoms with Crippen LogP contribution in [0.15, 0.2) is 102 Å². The third-order valence-corrected chi connectivity index (χ3v) is 8.59. The standard InChI is InChI=1S/C33H30N2O3S/c1-21-11-9-10-16-25(21)30(36)27-26(18-17-23-12-5-3-6-13-23)35(33(38)24-14-7-4-8-15-24)29(32(34)37)28(27)31-22(2)19-20-39-31/h3-20,26-29H,1-2H3,(H2,34,37). The first kappa shape index (κ1) is 26.3. The first-order chi connectivity index (χ1) is 18.9. The van der Waals surface area contributed by atoms with Crippen molar-refractivity contribution in [3.8, 4) is 0 Å². The molecule has 0 spiro atoms. The Kier molecular flexibility index (Phi) is 7.57. The fourth-order valence-corrected chi connectivity index (χ4v) is 6.72. The molecule has 0 bridgehead atoms. The van der Waals surface area contributed by atoms with Gasteiger partial charge in [0.15, 0.2) is 5.78 Å². The van der Waals surface area contributed by atoms with Crippen LogP contribution >= 0.6 is 11.3 Å². The first-order valence-electron chi connectivity index (χ1n) is 12.9. The average Bonchev–Trinajstić information content (AvgIpc) is 3.53. The number of rotatable bonds is 7. The van der Waals surface area contributed by atoms with Crippen molar-refractivity contribution < 1.29 is 14.4 Å². The Balaban J connectivity index is 1.74. The minimum absolute atomic E-state index is 0.108. The van der Waals surface area contributed by atoms with Crippen molar-refractivity contribution >= 4 is 35.0 Å². The Bertz CT molecular complexity index is 1530. The Morgan fingerprint density at radius 1 is 0.821 bits per heavy atom. The van der Waals surface area contributed by atoms with Crippen LogP contribution in [-0.4, -0.2) is 34.6 Å². The number of amides is 2. The minimum Gasteiger partial charge on any atom is -0.368 e. The van der Waals surface area contributed by atoms with E-state index in [0.717, 1.165) is 21.6 Å². The SMILES string of the molecule is Cc1ccccc1C(=O)C1C(c2sccc2C)C(C(N)=O)N(C(=O)c2ccccc2)C1C=Cc1ccccc1. The predicted octanol–water partition coefficient (Wildman–Crippen LogP) is 6.04. The van der Waals surface area contributed by atoms with E-state index in [4.69, 9.17) is 5.73 Å². The summed E-state index contributed by atoms with van der Waals surface area (Å²) in [5, 5.41) is 1.95. The van der Waals surface area contributed by atoms with Gasteiger partial charge in [-0.05, 0) is 54.1 Å². The molecular weight excluding hydrogens is 504 g/mol. The van der Waals surface area contributed by atoms with E-state index in [0.29, 0.717) is 11.1 Å². The molecule has 1 fully saturated rings. The number of aryl methyl sites for hydroxylation is 2. The lowest BCUT2D eigenvalue weighted by molar-refractivity contribution is -0.122. The average molecular weight is 535 g/mol. The summed E-state index contributed by atoms with van der Waals surface area (Å²) in [4.78, 5) is 44.3. The Morgan fingerprint density at radius 2 is 1.46 bits per heavy atom. The summed E-state index contributed by atoms with van der Waals surface area (Å²) in [6, 6.07) is 26.3. The molecule has 2 amide bonds. The second-order valence-electron chi connectivity index (χ2n) is 9.88. The number of ketones is 1. The highest BCUT2D eigenvalue weighted by Crippen LogP contribution is 2.48. The van der Waals surface area contributed by atoms with Crippen LogP contribution < -0.4 is 5.73 Å². The van der Waals surface area contributed by atoms with Crippen LogP contribution in [0.3, 0.4) is 0 Å². The van der Waals surface area contributed by atoms with Crippen molar-refractivity contribution in [2.24, 2.45) is 11.7 Å². The number of thiophene rings is 1. The maximum atomic E-state index is 14.5. The lowest BCUT2D eigenvalue weighted by Crippen LogP contribution is -2.48. The van der Waals surface area contributed by atoms with Crippen molar-refractivity contribution in [2.45, 2.75) is 31.8 Å². The molecule has 0 radical (unpaired) electrons. The summed E-state index contributed by atoms with van der Waals surface area (Å²) in [5.41, 5.74) is 9.85. The van der Waals surface area contributed by atoms with Crippen LogP contribution in [0.2, 0.25) is 0 Å². The Hall–Kier alpha value is -4.29. The maximum absolute atomic E-state index is 14.5. The molecule has 4 aromatic rings. The zero-order chi connectivity index (χ0) is 27.5. The van der Waals surface area contributed by atoms with Crippen LogP contribution in [0, 0.1) is 19.8 Å². The lowest BCUT2D eigenvalue weighted by Gasteiger charge is -2.29. The van der Waals surface area contributed by atoms with Gasteiger partial charge in [0, 0.05) is 21.9 Å². The van der Waals surface area contributed by atoms with Gasteiger partial charge < -0.3 is 10.6 Å². The quantitative estimate of drug-likeness (QED) is 0.294. The number of nitrogens with zero attached hydrogens (tertiary/aromatic N) is 1. The highest BCUT2D eigenvalue weighted by molar-refractivity contribution is 7.10. The number of Topliss-reactive ketones (excluding diaryl/α,β-unsaturated/α-hetero) is 1. The van der Waals surface area contributed by atoms with Crippen LogP contribution in [0.4, 0.5) is 0 Å². The molecule has 2 N–H and O–H groups in total. The van der Waals surface area contributed by atoms with Crippen molar-refractivity contribution in [3.63, 3.8) is 0 Å². The van der Waals surface area contributed by atoms with Crippen molar-refractivity contribution in [3.05, 3.63) is 135 Å². The van der Waals surface area contributed by atoms with Gasteiger partial charge in [-0.2, -0.15) is 0 Å². The third-order valence-electron chi connectivity index (χ3n) is 7.47. The molecule has 4 unspecified atom stereocenters. The second kappa shape index (κ2) is 11.2. The van der Waals surface area contributed by atoms with Gasteiger partial charge in [0.1, 0.15) is 6.04 Å². The van der Waals surface area contributed by atoms with E-state index in [1.54, 1.807) is 29.2 Å². The van der Waals surface area contributed by atoms with Crippen molar-refractivity contribution in [1.29, 1.82) is 0 Å². The Labute approximate surface area is 232 Å². The zero-order valence-corrected chi connectivity index (χ0v) is 22.7. The van der Waals surface area contributed by atoms with Crippen LogP contribution in [0.1, 0.15) is 48.2 Å². The minimum atomic E-state index is -1.00. The summed E-state index contributed by atoms with van der Waals surface area (Å²) in [6.45, 7) is 3.87. The summed E-state index contributed by atoms with van der Waals surface area (Å²) in [7, 11) is 0.